The SMILES string of the molecule is CC(NC1COC1)c1ccccc1Cl. The van der Waals surface area contributed by atoms with Crippen molar-refractivity contribution in [3.05, 3.63) is 34.9 Å². The highest BCUT2D eigenvalue weighted by Gasteiger charge is 2.21. The van der Waals surface area contributed by atoms with Crippen LogP contribution in [-0.4, -0.2) is 19.3 Å². The van der Waals surface area contributed by atoms with E-state index in [2.05, 4.69) is 18.3 Å². The summed E-state index contributed by atoms with van der Waals surface area (Å²) in [6.07, 6.45) is 0. The first-order valence-corrected chi connectivity index (χ1v) is 5.23. The van der Waals surface area contributed by atoms with E-state index in [1.54, 1.807) is 0 Å². The van der Waals surface area contributed by atoms with Crippen LogP contribution < -0.4 is 5.32 Å². The molecule has 0 saturated carbocycles. The largest absolute Gasteiger partial charge is 0.378 e. The second kappa shape index (κ2) is 4.30. The molecule has 1 heterocycles. The molecule has 0 spiro atoms. The van der Waals surface area contributed by atoms with Gasteiger partial charge in [-0.15, -0.1) is 0 Å². The van der Waals surface area contributed by atoms with Crippen molar-refractivity contribution in [3.63, 3.8) is 0 Å². The summed E-state index contributed by atoms with van der Waals surface area (Å²) in [4.78, 5) is 0. The van der Waals surface area contributed by atoms with Crippen LogP contribution in [0.25, 0.3) is 0 Å². The first-order chi connectivity index (χ1) is 6.77. The number of nitrogens with one attached hydrogen (secondary N) is 1. The Hall–Kier alpha value is -0.570. The van der Waals surface area contributed by atoms with Crippen LogP contribution >= 0.6 is 11.6 Å². The summed E-state index contributed by atoms with van der Waals surface area (Å²) in [7, 11) is 0. The number of hydrogen-bond donors (Lipinski definition) is 1. The molecule has 0 aliphatic carbocycles. The van der Waals surface area contributed by atoms with Crippen molar-refractivity contribution in [3.8, 4) is 0 Å². The van der Waals surface area contributed by atoms with E-state index >= 15 is 0 Å². The number of benzene rings is 1. The Morgan fingerprint density at radius 3 is 2.71 bits per heavy atom. The molecule has 1 aliphatic rings. The van der Waals surface area contributed by atoms with Crippen molar-refractivity contribution >= 4 is 11.6 Å². The van der Waals surface area contributed by atoms with Crippen molar-refractivity contribution in [1.29, 1.82) is 0 Å². The van der Waals surface area contributed by atoms with Gasteiger partial charge in [-0.3, -0.25) is 0 Å². The standard InChI is InChI=1S/C11H14ClNO/c1-8(13-9-6-14-7-9)10-4-2-3-5-11(10)12/h2-5,8-9,13H,6-7H2,1H3. The molecule has 2 rings (SSSR count). The van der Waals surface area contributed by atoms with Crippen molar-refractivity contribution in [2.24, 2.45) is 0 Å². The average molecular weight is 212 g/mol. The fourth-order valence-electron chi connectivity index (χ4n) is 1.60. The van der Waals surface area contributed by atoms with E-state index in [-0.39, 0.29) is 6.04 Å². The summed E-state index contributed by atoms with van der Waals surface area (Å²) in [6.45, 7) is 3.75. The highest BCUT2D eigenvalue weighted by atomic mass is 35.5. The molecule has 1 fully saturated rings. The zero-order valence-electron chi connectivity index (χ0n) is 8.16. The van der Waals surface area contributed by atoms with Gasteiger partial charge in [0.2, 0.25) is 0 Å². The Morgan fingerprint density at radius 2 is 2.14 bits per heavy atom. The van der Waals surface area contributed by atoms with Crippen molar-refractivity contribution in [1.82, 2.24) is 5.32 Å². The van der Waals surface area contributed by atoms with Gasteiger partial charge in [0.05, 0.1) is 19.3 Å². The van der Waals surface area contributed by atoms with Crippen LogP contribution in [0.4, 0.5) is 0 Å². The molecule has 3 heteroatoms. The predicted molar refractivity (Wildman–Crippen MR) is 57.6 cm³/mol. The lowest BCUT2D eigenvalue weighted by Crippen LogP contribution is -2.46. The molecule has 1 unspecified atom stereocenters. The molecule has 1 saturated heterocycles. The molecule has 1 aliphatic heterocycles. The molecular formula is C11H14ClNO. The van der Waals surface area contributed by atoms with Gasteiger partial charge in [0.25, 0.3) is 0 Å². The monoisotopic (exact) mass is 211 g/mol. The van der Waals surface area contributed by atoms with Crippen LogP contribution in [0.5, 0.6) is 0 Å². The van der Waals surface area contributed by atoms with Gasteiger partial charge in [-0.1, -0.05) is 29.8 Å². The van der Waals surface area contributed by atoms with Crippen LogP contribution in [-0.2, 0) is 4.74 Å². The Morgan fingerprint density at radius 1 is 1.43 bits per heavy atom. The highest BCUT2D eigenvalue weighted by Crippen LogP contribution is 2.23. The molecule has 1 N–H and O–H groups in total. The first-order valence-electron chi connectivity index (χ1n) is 4.85. The summed E-state index contributed by atoms with van der Waals surface area (Å²) in [5, 5.41) is 4.29. The topological polar surface area (TPSA) is 21.3 Å². The summed E-state index contributed by atoms with van der Waals surface area (Å²) in [6, 6.07) is 8.71. The van der Waals surface area contributed by atoms with E-state index in [1.165, 1.54) is 0 Å². The Balaban J connectivity index is 2.02. The first kappa shape index (κ1) is 9.97. The summed E-state index contributed by atoms with van der Waals surface area (Å²) >= 11 is 6.09. The molecule has 1 atom stereocenters. The minimum absolute atomic E-state index is 0.289. The van der Waals surface area contributed by atoms with Gasteiger partial charge in [0.15, 0.2) is 0 Å². The molecular weight excluding hydrogens is 198 g/mol. The lowest BCUT2D eigenvalue weighted by Gasteiger charge is -2.30. The van der Waals surface area contributed by atoms with Crippen LogP contribution in [0.1, 0.15) is 18.5 Å². The van der Waals surface area contributed by atoms with E-state index in [1.807, 2.05) is 18.2 Å². The Labute approximate surface area is 89.2 Å². The molecule has 0 radical (unpaired) electrons. The molecule has 14 heavy (non-hydrogen) atoms. The molecule has 0 amide bonds. The summed E-state index contributed by atoms with van der Waals surface area (Å²) in [5.41, 5.74) is 1.15. The van der Waals surface area contributed by atoms with E-state index in [9.17, 15) is 0 Å². The maximum Gasteiger partial charge on any atom is 0.0643 e. The molecule has 76 valence electrons. The lowest BCUT2D eigenvalue weighted by atomic mass is 10.1. The maximum absolute atomic E-state index is 6.09. The molecule has 0 aromatic heterocycles. The summed E-state index contributed by atoms with van der Waals surface area (Å²) in [5.74, 6) is 0. The average Bonchev–Trinajstić information content (AvgIpc) is 2.12. The quantitative estimate of drug-likeness (QED) is 0.829. The Bertz CT molecular complexity index is 312. The van der Waals surface area contributed by atoms with Crippen molar-refractivity contribution in [2.75, 3.05) is 13.2 Å². The van der Waals surface area contributed by atoms with Gasteiger partial charge in [0, 0.05) is 11.1 Å². The fourth-order valence-corrected chi connectivity index (χ4v) is 1.90. The zero-order valence-corrected chi connectivity index (χ0v) is 8.92. The van der Waals surface area contributed by atoms with E-state index in [0.717, 1.165) is 23.8 Å². The third-order valence-corrected chi connectivity index (χ3v) is 2.84. The normalized spacial score (nSPS) is 19.0. The number of ether oxygens (including phenoxy) is 1. The molecule has 1 aromatic rings. The smallest absolute Gasteiger partial charge is 0.0643 e. The van der Waals surface area contributed by atoms with Gasteiger partial charge in [0.1, 0.15) is 0 Å². The third-order valence-electron chi connectivity index (χ3n) is 2.50. The van der Waals surface area contributed by atoms with E-state index < -0.39 is 0 Å². The number of rotatable bonds is 3. The minimum atomic E-state index is 0.289. The van der Waals surface area contributed by atoms with E-state index in [4.69, 9.17) is 16.3 Å². The van der Waals surface area contributed by atoms with Crippen molar-refractivity contribution < 1.29 is 4.74 Å². The second-order valence-corrected chi connectivity index (χ2v) is 4.05. The predicted octanol–water partition coefficient (Wildman–Crippen LogP) is 2.39. The molecule has 2 nitrogen and oxygen atoms in total. The molecule has 1 aromatic carbocycles. The van der Waals surface area contributed by atoms with Gasteiger partial charge in [-0.05, 0) is 18.6 Å². The maximum atomic E-state index is 6.09. The highest BCUT2D eigenvalue weighted by molar-refractivity contribution is 6.31. The third kappa shape index (κ3) is 2.08. The van der Waals surface area contributed by atoms with Crippen LogP contribution in [0.15, 0.2) is 24.3 Å². The minimum Gasteiger partial charge on any atom is -0.378 e. The van der Waals surface area contributed by atoms with Crippen LogP contribution in [0.3, 0.4) is 0 Å². The lowest BCUT2D eigenvalue weighted by molar-refractivity contribution is -0.00924. The zero-order chi connectivity index (χ0) is 9.97. The molecule has 0 bridgehead atoms. The second-order valence-electron chi connectivity index (χ2n) is 3.64. The fraction of sp³-hybridized carbons (Fsp3) is 0.455. The summed E-state index contributed by atoms with van der Waals surface area (Å²) < 4.78 is 5.11. The van der Waals surface area contributed by atoms with Gasteiger partial charge < -0.3 is 10.1 Å². The number of hydrogen-bond acceptors (Lipinski definition) is 2. The van der Waals surface area contributed by atoms with Crippen LogP contribution in [0, 0.1) is 0 Å². The van der Waals surface area contributed by atoms with E-state index in [0.29, 0.717) is 6.04 Å². The number of halogens is 1. The van der Waals surface area contributed by atoms with Gasteiger partial charge in [-0.2, -0.15) is 0 Å². The van der Waals surface area contributed by atoms with Crippen LogP contribution in [0.2, 0.25) is 5.02 Å². The van der Waals surface area contributed by atoms with Gasteiger partial charge in [-0.25, -0.2) is 0 Å². The Kier molecular flexibility index (Phi) is 3.06. The van der Waals surface area contributed by atoms with Crippen molar-refractivity contribution in [2.45, 2.75) is 19.0 Å². The van der Waals surface area contributed by atoms with Gasteiger partial charge >= 0.3 is 0 Å².